The Morgan fingerprint density at radius 1 is 0.895 bits per heavy atom. The number of amides is 2. The monoisotopic (exact) mass is 251 g/mol. The minimum atomic E-state index is -0.235. The second kappa shape index (κ2) is 4.35. The number of carbonyl (C=O) groups excluding carboxylic acids is 2. The number of benzene rings is 2. The van der Waals surface area contributed by atoms with Crippen molar-refractivity contribution in [2.45, 2.75) is 13.3 Å². The van der Waals surface area contributed by atoms with Gasteiger partial charge in [0.15, 0.2) is 0 Å². The molecule has 3 nitrogen and oxygen atoms in total. The summed E-state index contributed by atoms with van der Waals surface area (Å²) in [6, 6.07) is 14.5. The van der Waals surface area contributed by atoms with E-state index in [-0.39, 0.29) is 11.8 Å². The fraction of sp³-hybridized carbons (Fsp3) is 0.125. The molecule has 0 fully saturated rings. The number of rotatable bonds is 2. The third-order valence-corrected chi connectivity index (χ3v) is 3.40. The van der Waals surface area contributed by atoms with Crippen LogP contribution in [0.1, 0.15) is 33.2 Å². The van der Waals surface area contributed by atoms with Crippen LogP contribution >= 0.6 is 0 Å². The standard InChI is InChI=1S/C16H13NO2/c1-2-11-7-6-10-13-14(11)16(19)17(15(13)18)12-8-4-3-5-9-12/h3-10H,2H2,1H3. The predicted molar refractivity (Wildman–Crippen MR) is 73.4 cm³/mol. The van der Waals surface area contributed by atoms with Crippen LogP contribution in [0.4, 0.5) is 5.69 Å². The third-order valence-electron chi connectivity index (χ3n) is 3.40. The molecule has 0 saturated heterocycles. The number of hydrogen-bond donors (Lipinski definition) is 0. The van der Waals surface area contributed by atoms with E-state index in [1.165, 1.54) is 4.90 Å². The van der Waals surface area contributed by atoms with E-state index < -0.39 is 0 Å². The van der Waals surface area contributed by atoms with E-state index in [1.54, 1.807) is 18.2 Å². The van der Waals surface area contributed by atoms with Gasteiger partial charge >= 0.3 is 0 Å². The Kier molecular flexibility index (Phi) is 2.67. The van der Waals surface area contributed by atoms with Crippen LogP contribution in [0.3, 0.4) is 0 Å². The zero-order valence-electron chi connectivity index (χ0n) is 10.6. The maximum absolute atomic E-state index is 12.5. The highest BCUT2D eigenvalue weighted by atomic mass is 16.2. The minimum Gasteiger partial charge on any atom is -0.268 e. The molecule has 1 aliphatic rings. The molecular formula is C16H13NO2. The van der Waals surface area contributed by atoms with Gasteiger partial charge in [0.05, 0.1) is 16.8 Å². The quantitative estimate of drug-likeness (QED) is 0.769. The zero-order chi connectivity index (χ0) is 13.4. The van der Waals surface area contributed by atoms with E-state index in [4.69, 9.17) is 0 Å². The highest BCUT2D eigenvalue weighted by molar-refractivity contribution is 6.34. The number of para-hydroxylation sites is 1. The van der Waals surface area contributed by atoms with Crippen molar-refractivity contribution >= 4 is 17.5 Å². The maximum Gasteiger partial charge on any atom is 0.266 e. The van der Waals surface area contributed by atoms with Gasteiger partial charge in [-0.3, -0.25) is 9.59 Å². The molecule has 1 heterocycles. The molecule has 1 aliphatic heterocycles. The fourth-order valence-electron chi connectivity index (χ4n) is 2.46. The molecule has 19 heavy (non-hydrogen) atoms. The van der Waals surface area contributed by atoms with E-state index in [2.05, 4.69) is 0 Å². The van der Waals surface area contributed by atoms with Gasteiger partial charge in [0, 0.05) is 0 Å². The van der Waals surface area contributed by atoms with Crippen LogP contribution in [0.5, 0.6) is 0 Å². The Balaban J connectivity index is 2.15. The summed E-state index contributed by atoms with van der Waals surface area (Å²) in [5, 5.41) is 0. The van der Waals surface area contributed by atoms with Crippen molar-refractivity contribution < 1.29 is 9.59 Å². The third kappa shape index (κ3) is 1.66. The number of fused-ring (bicyclic) bond motifs is 1. The molecule has 0 unspecified atom stereocenters. The van der Waals surface area contributed by atoms with E-state index >= 15 is 0 Å². The number of hydrogen-bond acceptors (Lipinski definition) is 2. The fourth-order valence-corrected chi connectivity index (χ4v) is 2.46. The van der Waals surface area contributed by atoms with Crippen molar-refractivity contribution in [3.05, 3.63) is 65.2 Å². The Morgan fingerprint density at radius 3 is 2.32 bits per heavy atom. The summed E-state index contributed by atoms with van der Waals surface area (Å²) >= 11 is 0. The van der Waals surface area contributed by atoms with Crippen LogP contribution < -0.4 is 4.90 Å². The lowest BCUT2D eigenvalue weighted by molar-refractivity contribution is 0.0926. The lowest BCUT2D eigenvalue weighted by atomic mass is 10.0. The first kappa shape index (κ1) is 11.7. The summed E-state index contributed by atoms with van der Waals surface area (Å²) in [6.07, 6.45) is 0.741. The van der Waals surface area contributed by atoms with Crippen LogP contribution in [-0.2, 0) is 6.42 Å². The Labute approximate surface area is 111 Å². The first-order valence-electron chi connectivity index (χ1n) is 6.29. The minimum absolute atomic E-state index is 0.219. The van der Waals surface area contributed by atoms with Gasteiger partial charge in [-0.25, -0.2) is 4.90 Å². The summed E-state index contributed by atoms with van der Waals surface area (Å²) in [7, 11) is 0. The molecular weight excluding hydrogens is 238 g/mol. The van der Waals surface area contributed by atoms with Crippen molar-refractivity contribution in [1.82, 2.24) is 0 Å². The Bertz CT molecular complexity index is 662. The molecule has 0 atom stereocenters. The summed E-state index contributed by atoms with van der Waals surface area (Å²) in [5.74, 6) is -0.454. The second-order valence-corrected chi connectivity index (χ2v) is 4.47. The topological polar surface area (TPSA) is 37.4 Å². The number of carbonyl (C=O) groups is 2. The van der Waals surface area contributed by atoms with Gasteiger partial charge < -0.3 is 0 Å². The van der Waals surface area contributed by atoms with Gasteiger partial charge in [-0.1, -0.05) is 37.3 Å². The molecule has 0 radical (unpaired) electrons. The predicted octanol–water partition coefficient (Wildman–Crippen LogP) is 3.05. The molecule has 0 spiro atoms. The molecule has 0 saturated carbocycles. The molecule has 2 aromatic rings. The summed E-state index contributed by atoms with van der Waals surface area (Å²) < 4.78 is 0. The SMILES string of the molecule is CCc1cccc2c1C(=O)N(c1ccccc1)C2=O. The normalized spacial score (nSPS) is 13.8. The Hall–Kier alpha value is -2.42. The van der Waals surface area contributed by atoms with Crippen LogP contribution in [0.15, 0.2) is 48.5 Å². The lowest BCUT2D eigenvalue weighted by Crippen LogP contribution is -2.29. The van der Waals surface area contributed by atoms with Gasteiger partial charge in [0.1, 0.15) is 0 Å². The second-order valence-electron chi connectivity index (χ2n) is 4.47. The van der Waals surface area contributed by atoms with Crippen molar-refractivity contribution in [1.29, 1.82) is 0 Å². The molecule has 0 aliphatic carbocycles. The number of nitrogens with zero attached hydrogens (tertiary/aromatic N) is 1. The average Bonchev–Trinajstić information content (AvgIpc) is 2.72. The van der Waals surface area contributed by atoms with Crippen molar-refractivity contribution in [3.63, 3.8) is 0 Å². The van der Waals surface area contributed by atoms with Gasteiger partial charge in [-0.2, -0.15) is 0 Å². The Morgan fingerprint density at radius 2 is 1.63 bits per heavy atom. The molecule has 2 amide bonds. The number of imide groups is 1. The van der Waals surface area contributed by atoms with Crippen molar-refractivity contribution in [3.8, 4) is 0 Å². The molecule has 3 heteroatoms. The number of anilines is 1. The highest BCUT2D eigenvalue weighted by Gasteiger charge is 2.37. The van der Waals surface area contributed by atoms with Crippen molar-refractivity contribution in [2.24, 2.45) is 0 Å². The van der Waals surface area contributed by atoms with Gasteiger partial charge in [0.2, 0.25) is 0 Å². The van der Waals surface area contributed by atoms with E-state index in [0.29, 0.717) is 16.8 Å². The molecule has 0 aromatic heterocycles. The highest BCUT2D eigenvalue weighted by Crippen LogP contribution is 2.30. The van der Waals surface area contributed by atoms with Gasteiger partial charge in [0.25, 0.3) is 11.8 Å². The summed E-state index contributed by atoms with van der Waals surface area (Å²) in [5.41, 5.74) is 2.61. The first-order valence-corrected chi connectivity index (χ1v) is 6.29. The lowest BCUT2D eigenvalue weighted by Gasteiger charge is -2.13. The first-order chi connectivity index (χ1) is 9.24. The molecule has 2 aromatic carbocycles. The largest absolute Gasteiger partial charge is 0.268 e. The van der Waals surface area contributed by atoms with Crippen LogP contribution in [0.2, 0.25) is 0 Å². The molecule has 0 bridgehead atoms. The summed E-state index contributed by atoms with van der Waals surface area (Å²) in [6.45, 7) is 1.98. The van der Waals surface area contributed by atoms with Crippen LogP contribution in [-0.4, -0.2) is 11.8 Å². The van der Waals surface area contributed by atoms with E-state index in [1.807, 2.05) is 37.3 Å². The van der Waals surface area contributed by atoms with Crippen LogP contribution in [0.25, 0.3) is 0 Å². The van der Waals surface area contributed by atoms with Gasteiger partial charge in [-0.05, 0) is 30.2 Å². The smallest absolute Gasteiger partial charge is 0.266 e. The average molecular weight is 251 g/mol. The van der Waals surface area contributed by atoms with Crippen LogP contribution in [0, 0.1) is 0 Å². The zero-order valence-corrected chi connectivity index (χ0v) is 10.6. The van der Waals surface area contributed by atoms with Gasteiger partial charge in [-0.15, -0.1) is 0 Å². The maximum atomic E-state index is 12.5. The summed E-state index contributed by atoms with van der Waals surface area (Å²) in [4.78, 5) is 26.1. The number of aryl methyl sites for hydroxylation is 1. The molecule has 94 valence electrons. The molecule has 0 N–H and O–H groups in total. The van der Waals surface area contributed by atoms with Crippen molar-refractivity contribution in [2.75, 3.05) is 4.90 Å². The molecule has 3 rings (SSSR count). The van der Waals surface area contributed by atoms with E-state index in [0.717, 1.165) is 12.0 Å². The van der Waals surface area contributed by atoms with E-state index in [9.17, 15) is 9.59 Å².